The minimum atomic E-state index is -0.188. The van der Waals surface area contributed by atoms with Gasteiger partial charge in [0.15, 0.2) is 0 Å². The first-order valence-electron chi connectivity index (χ1n) is 8.36. The van der Waals surface area contributed by atoms with Gasteiger partial charge in [-0.1, -0.05) is 35.3 Å². The van der Waals surface area contributed by atoms with Crippen LogP contribution in [0.4, 0.5) is 0 Å². The van der Waals surface area contributed by atoms with Crippen LogP contribution in [-0.4, -0.2) is 16.9 Å². The summed E-state index contributed by atoms with van der Waals surface area (Å²) in [4.78, 5) is 16.4. The average Bonchev–Trinajstić information content (AvgIpc) is 3.11. The number of rotatable bonds is 6. The van der Waals surface area contributed by atoms with Crippen LogP contribution in [-0.2, 0) is 6.61 Å². The van der Waals surface area contributed by atoms with Gasteiger partial charge in [-0.15, -0.1) is 11.3 Å². The van der Waals surface area contributed by atoms with Gasteiger partial charge in [-0.25, -0.2) is 4.98 Å². The van der Waals surface area contributed by atoms with Crippen LogP contribution >= 0.6 is 34.5 Å². The lowest BCUT2D eigenvalue weighted by Gasteiger charge is -2.08. The molecule has 0 aliphatic heterocycles. The summed E-state index contributed by atoms with van der Waals surface area (Å²) in [5, 5.41) is 6.46. The Morgan fingerprint density at radius 3 is 2.59 bits per heavy atom. The molecule has 0 saturated heterocycles. The third kappa shape index (κ3) is 5.22. The first-order chi connectivity index (χ1) is 12.9. The molecule has 3 aromatic rings. The molecule has 27 heavy (non-hydrogen) atoms. The Kier molecular flexibility index (Phi) is 6.37. The number of ether oxygens (including phenoxy) is 1. The van der Waals surface area contributed by atoms with Crippen LogP contribution in [0.25, 0.3) is 10.6 Å². The van der Waals surface area contributed by atoms with Crippen molar-refractivity contribution in [2.75, 3.05) is 0 Å². The van der Waals surface area contributed by atoms with E-state index >= 15 is 0 Å². The molecule has 1 amide bonds. The van der Waals surface area contributed by atoms with Gasteiger partial charge in [0.25, 0.3) is 5.91 Å². The van der Waals surface area contributed by atoms with Gasteiger partial charge in [0.05, 0.1) is 5.02 Å². The first-order valence-corrected chi connectivity index (χ1v) is 9.99. The number of carbonyl (C=O) groups excluding carboxylic acids is 1. The lowest BCUT2D eigenvalue weighted by Crippen LogP contribution is -2.30. The summed E-state index contributed by atoms with van der Waals surface area (Å²) in [5.74, 6) is 0.472. The number of amides is 1. The number of thiazole rings is 1. The van der Waals surface area contributed by atoms with E-state index in [1.807, 2.05) is 50.2 Å². The predicted octanol–water partition coefficient (Wildman–Crippen LogP) is 5.83. The Bertz CT molecular complexity index is 939. The monoisotopic (exact) mass is 420 g/mol. The second-order valence-electron chi connectivity index (χ2n) is 6.22. The SMILES string of the molecule is CC(C)NC(=O)c1csc(-c2ccc(OCc3ccc(Cl)cc3)cc2Cl)n1. The molecule has 1 N–H and O–H groups in total. The van der Waals surface area contributed by atoms with Crippen molar-refractivity contribution in [2.24, 2.45) is 0 Å². The normalized spacial score (nSPS) is 10.9. The third-order valence-corrected chi connectivity index (χ3v) is 5.09. The van der Waals surface area contributed by atoms with Crippen LogP contribution in [0.15, 0.2) is 47.8 Å². The smallest absolute Gasteiger partial charge is 0.270 e. The Morgan fingerprint density at radius 2 is 1.93 bits per heavy atom. The molecule has 0 fully saturated rings. The maximum absolute atomic E-state index is 12.1. The van der Waals surface area contributed by atoms with E-state index in [0.29, 0.717) is 33.1 Å². The largest absolute Gasteiger partial charge is 0.489 e. The third-order valence-electron chi connectivity index (χ3n) is 3.65. The molecule has 4 nitrogen and oxygen atoms in total. The van der Waals surface area contributed by atoms with Gasteiger partial charge in [-0.05, 0) is 49.7 Å². The highest BCUT2D eigenvalue weighted by atomic mass is 35.5. The van der Waals surface area contributed by atoms with Crippen molar-refractivity contribution in [3.8, 4) is 16.3 Å². The summed E-state index contributed by atoms with van der Waals surface area (Å²) < 4.78 is 5.78. The van der Waals surface area contributed by atoms with Gasteiger partial charge in [0, 0.05) is 22.0 Å². The molecule has 0 saturated carbocycles. The average molecular weight is 421 g/mol. The van der Waals surface area contributed by atoms with Crippen LogP contribution in [0.2, 0.25) is 10.0 Å². The summed E-state index contributed by atoms with van der Waals surface area (Å²) in [6.45, 7) is 4.24. The Hall–Kier alpha value is -2.08. The Balaban J connectivity index is 1.70. The number of aromatic nitrogens is 1. The van der Waals surface area contributed by atoms with Gasteiger partial charge in [-0.2, -0.15) is 0 Å². The Morgan fingerprint density at radius 1 is 1.19 bits per heavy atom. The molecule has 0 aliphatic carbocycles. The molecule has 7 heteroatoms. The maximum Gasteiger partial charge on any atom is 0.270 e. The van der Waals surface area contributed by atoms with E-state index in [1.54, 1.807) is 11.4 Å². The van der Waals surface area contributed by atoms with Crippen molar-refractivity contribution in [2.45, 2.75) is 26.5 Å². The zero-order valence-electron chi connectivity index (χ0n) is 14.8. The van der Waals surface area contributed by atoms with E-state index in [2.05, 4.69) is 10.3 Å². The lowest BCUT2D eigenvalue weighted by atomic mass is 10.2. The number of nitrogens with one attached hydrogen (secondary N) is 1. The van der Waals surface area contributed by atoms with Crippen molar-refractivity contribution in [1.29, 1.82) is 0 Å². The summed E-state index contributed by atoms with van der Waals surface area (Å²) in [5.41, 5.74) is 2.17. The number of nitrogens with zero attached hydrogens (tertiary/aromatic N) is 1. The Labute approximate surface area is 172 Å². The molecule has 0 aliphatic rings. The van der Waals surface area contributed by atoms with Crippen molar-refractivity contribution in [1.82, 2.24) is 10.3 Å². The predicted molar refractivity (Wildman–Crippen MR) is 111 cm³/mol. The molecule has 140 valence electrons. The summed E-state index contributed by atoms with van der Waals surface area (Å²) in [7, 11) is 0. The zero-order chi connectivity index (χ0) is 19.4. The van der Waals surface area contributed by atoms with Crippen LogP contribution < -0.4 is 10.1 Å². The highest BCUT2D eigenvalue weighted by molar-refractivity contribution is 7.13. The van der Waals surface area contributed by atoms with Gasteiger partial charge < -0.3 is 10.1 Å². The zero-order valence-corrected chi connectivity index (χ0v) is 17.2. The van der Waals surface area contributed by atoms with Crippen LogP contribution in [0.5, 0.6) is 5.75 Å². The van der Waals surface area contributed by atoms with E-state index in [4.69, 9.17) is 27.9 Å². The minimum Gasteiger partial charge on any atom is -0.489 e. The van der Waals surface area contributed by atoms with Crippen molar-refractivity contribution in [3.63, 3.8) is 0 Å². The van der Waals surface area contributed by atoms with Crippen molar-refractivity contribution < 1.29 is 9.53 Å². The number of hydrogen-bond acceptors (Lipinski definition) is 4. The van der Waals surface area contributed by atoms with Crippen LogP contribution in [0.3, 0.4) is 0 Å². The first kappa shape index (κ1) is 19.7. The fourth-order valence-corrected chi connectivity index (χ4v) is 3.63. The lowest BCUT2D eigenvalue weighted by molar-refractivity contribution is 0.0939. The standard InChI is InChI=1S/C20H18Cl2N2O2S/c1-12(2)23-19(25)18-11-27-20(24-18)16-8-7-15(9-17(16)22)26-10-13-3-5-14(21)6-4-13/h3-9,11-12H,10H2,1-2H3,(H,23,25). The minimum absolute atomic E-state index is 0.0586. The van der Waals surface area contributed by atoms with Crippen LogP contribution in [0.1, 0.15) is 29.9 Å². The van der Waals surface area contributed by atoms with E-state index < -0.39 is 0 Å². The molecule has 0 atom stereocenters. The second kappa shape index (κ2) is 8.74. The maximum atomic E-state index is 12.1. The van der Waals surface area contributed by atoms with Gasteiger partial charge >= 0.3 is 0 Å². The fraction of sp³-hybridized carbons (Fsp3) is 0.200. The molecular weight excluding hydrogens is 403 g/mol. The summed E-state index contributed by atoms with van der Waals surface area (Å²) in [6, 6.07) is 13.0. The molecule has 2 aromatic carbocycles. The summed E-state index contributed by atoms with van der Waals surface area (Å²) in [6.07, 6.45) is 0. The van der Waals surface area contributed by atoms with Crippen LogP contribution in [0, 0.1) is 0 Å². The topological polar surface area (TPSA) is 51.2 Å². The molecule has 0 radical (unpaired) electrons. The number of carbonyl (C=O) groups is 1. The van der Waals surface area contributed by atoms with Gasteiger partial charge in [0.1, 0.15) is 23.1 Å². The van der Waals surface area contributed by atoms with E-state index in [-0.39, 0.29) is 11.9 Å². The molecule has 3 rings (SSSR count). The number of benzene rings is 2. The van der Waals surface area contributed by atoms with E-state index in [9.17, 15) is 4.79 Å². The highest BCUT2D eigenvalue weighted by Crippen LogP contribution is 2.33. The van der Waals surface area contributed by atoms with Gasteiger partial charge in [0.2, 0.25) is 0 Å². The fourth-order valence-electron chi connectivity index (χ4n) is 2.34. The quantitative estimate of drug-likeness (QED) is 0.545. The number of hydrogen-bond donors (Lipinski definition) is 1. The second-order valence-corrected chi connectivity index (χ2v) is 7.92. The molecule has 1 heterocycles. The number of halogens is 2. The summed E-state index contributed by atoms with van der Waals surface area (Å²) >= 11 is 13.7. The van der Waals surface area contributed by atoms with E-state index in [1.165, 1.54) is 11.3 Å². The molecule has 1 aromatic heterocycles. The van der Waals surface area contributed by atoms with Crippen molar-refractivity contribution >= 4 is 40.4 Å². The van der Waals surface area contributed by atoms with Crippen molar-refractivity contribution in [3.05, 3.63) is 69.1 Å². The molecule has 0 spiro atoms. The van der Waals surface area contributed by atoms with Gasteiger partial charge in [-0.3, -0.25) is 4.79 Å². The van der Waals surface area contributed by atoms with E-state index in [0.717, 1.165) is 11.1 Å². The molecule has 0 unspecified atom stereocenters. The molecule has 0 bridgehead atoms. The highest BCUT2D eigenvalue weighted by Gasteiger charge is 2.14. The molecular formula is C20H18Cl2N2O2S.